The molecule has 0 bridgehead atoms. The van der Waals surface area contributed by atoms with Crippen LogP contribution in [0.3, 0.4) is 0 Å². The zero-order valence-corrected chi connectivity index (χ0v) is 22.0. The Bertz CT molecular complexity index is 890. The Kier molecular flexibility index (Phi) is 7.25. The average Bonchev–Trinajstić information content (AvgIpc) is 3.06. The molecular formula is C27H42O9. The van der Waals surface area contributed by atoms with E-state index in [9.17, 15) is 29.7 Å². The van der Waals surface area contributed by atoms with Gasteiger partial charge >= 0.3 is 17.9 Å². The summed E-state index contributed by atoms with van der Waals surface area (Å²) in [7, 11) is 0. The number of fused-ring (bicyclic) bond motifs is 5. The van der Waals surface area contributed by atoms with Crippen molar-refractivity contribution in [3.05, 3.63) is 0 Å². The van der Waals surface area contributed by atoms with E-state index in [4.69, 9.17) is 14.2 Å². The topological polar surface area (TPSA) is 140 Å². The van der Waals surface area contributed by atoms with Crippen molar-refractivity contribution in [2.75, 3.05) is 13.2 Å². The third kappa shape index (κ3) is 4.25. The largest absolute Gasteiger partial charge is 0.465 e. The summed E-state index contributed by atoms with van der Waals surface area (Å²) in [6.45, 7) is 6.05. The summed E-state index contributed by atoms with van der Waals surface area (Å²) in [4.78, 5) is 34.8. The van der Waals surface area contributed by atoms with Crippen LogP contribution in [-0.4, -0.2) is 69.9 Å². The van der Waals surface area contributed by atoms with Crippen molar-refractivity contribution in [1.82, 2.24) is 0 Å². The Balaban J connectivity index is 1.64. The van der Waals surface area contributed by atoms with Gasteiger partial charge in [0.1, 0.15) is 12.7 Å². The summed E-state index contributed by atoms with van der Waals surface area (Å²) in [5, 5.41) is 35.3. The summed E-state index contributed by atoms with van der Waals surface area (Å²) in [5.74, 6) is -1.67. The van der Waals surface area contributed by atoms with Gasteiger partial charge in [-0.25, -0.2) is 0 Å². The minimum Gasteiger partial charge on any atom is -0.465 e. The van der Waals surface area contributed by atoms with Gasteiger partial charge in [-0.05, 0) is 69.1 Å². The van der Waals surface area contributed by atoms with Crippen LogP contribution in [0.15, 0.2) is 0 Å². The normalized spacial score (nSPS) is 44.4. The van der Waals surface area contributed by atoms with Crippen LogP contribution in [-0.2, 0) is 28.6 Å². The van der Waals surface area contributed by atoms with Crippen molar-refractivity contribution >= 4 is 17.9 Å². The van der Waals surface area contributed by atoms with Gasteiger partial charge < -0.3 is 29.5 Å². The Morgan fingerprint density at radius 1 is 0.861 bits per heavy atom. The monoisotopic (exact) mass is 510 g/mol. The minimum absolute atomic E-state index is 0.0676. The second kappa shape index (κ2) is 9.55. The lowest BCUT2D eigenvalue weighted by atomic mass is 9.41. The molecule has 9 atom stereocenters. The third-order valence-corrected chi connectivity index (χ3v) is 10.5. The molecule has 204 valence electrons. The Morgan fingerprint density at radius 3 is 2.17 bits per heavy atom. The van der Waals surface area contributed by atoms with Gasteiger partial charge in [0, 0.05) is 38.0 Å². The van der Waals surface area contributed by atoms with E-state index in [2.05, 4.69) is 0 Å². The van der Waals surface area contributed by atoms with E-state index in [0.717, 1.165) is 0 Å². The predicted molar refractivity (Wildman–Crippen MR) is 127 cm³/mol. The fraction of sp³-hybridized carbons (Fsp3) is 0.889. The van der Waals surface area contributed by atoms with Gasteiger partial charge in [-0.15, -0.1) is 0 Å². The standard InChI is InChI=1S/C27H42O9/c1-16(28)34-14-23(31)22-8-12-27(33)21-7-11-26(32)13-19(36-18(3)30)5-10-25(26,15-35-17(2)29)20(21)6-9-24(22,27)4/h19-23,31-33H,5-15H2,1-4H3/t19-,20+,21-,22-,23-,24+,25-,26+,27-/m0/s1. The van der Waals surface area contributed by atoms with Crippen molar-refractivity contribution in [3.63, 3.8) is 0 Å². The number of aliphatic hydroxyl groups excluding tert-OH is 1. The van der Waals surface area contributed by atoms with Crippen molar-refractivity contribution < 1.29 is 43.9 Å². The van der Waals surface area contributed by atoms with E-state index in [1.54, 1.807) is 0 Å². The maximum Gasteiger partial charge on any atom is 0.302 e. The van der Waals surface area contributed by atoms with Gasteiger partial charge in [0.25, 0.3) is 0 Å². The molecule has 4 aliphatic carbocycles. The molecule has 3 N–H and O–H groups in total. The number of hydrogen-bond donors (Lipinski definition) is 3. The number of carbonyl (C=O) groups is 3. The molecule has 9 nitrogen and oxygen atoms in total. The number of hydrogen-bond acceptors (Lipinski definition) is 9. The number of ether oxygens (including phenoxy) is 3. The molecule has 0 aromatic carbocycles. The molecule has 9 heteroatoms. The molecule has 0 aliphatic heterocycles. The fourth-order valence-electron chi connectivity index (χ4n) is 8.83. The first kappa shape index (κ1) is 27.3. The van der Waals surface area contributed by atoms with E-state index >= 15 is 0 Å². The lowest BCUT2D eigenvalue weighted by Gasteiger charge is -2.66. The smallest absolute Gasteiger partial charge is 0.302 e. The molecule has 36 heavy (non-hydrogen) atoms. The maximum absolute atomic E-state index is 12.3. The molecule has 4 rings (SSSR count). The lowest BCUT2D eigenvalue weighted by molar-refractivity contribution is -0.274. The van der Waals surface area contributed by atoms with Crippen LogP contribution in [0, 0.1) is 28.6 Å². The van der Waals surface area contributed by atoms with Crippen molar-refractivity contribution in [2.24, 2.45) is 28.6 Å². The summed E-state index contributed by atoms with van der Waals surface area (Å²) in [6.07, 6.45) is 3.61. The van der Waals surface area contributed by atoms with Crippen molar-refractivity contribution in [3.8, 4) is 0 Å². The Morgan fingerprint density at radius 2 is 1.53 bits per heavy atom. The van der Waals surface area contributed by atoms with Gasteiger partial charge in [-0.1, -0.05) is 6.92 Å². The van der Waals surface area contributed by atoms with Crippen LogP contribution >= 0.6 is 0 Å². The quantitative estimate of drug-likeness (QED) is 0.363. The second-order valence-corrected chi connectivity index (χ2v) is 12.1. The number of aliphatic hydroxyl groups is 3. The summed E-state index contributed by atoms with van der Waals surface area (Å²) in [5.41, 5.74) is -3.56. The molecule has 0 radical (unpaired) electrons. The van der Waals surface area contributed by atoms with Gasteiger partial charge in [-0.2, -0.15) is 0 Å². The van der Waals surface area contributed by atoms with Gasteiger partial charge in [-0.3, -0.25) is 14.4 Å². The Hall–Kier alpha value is -1.71. The van der Waals surface area contributed by atoms with Crippen LogP contribution in [0.1, 0.15) is 85.5 Å². The van der Waals surface area contributed by atoms with E-state index < -0.39 is 46.2 Å². The minimum atomic E-state index is -1.18. The zero-order chi connectivity index (χ0) is 26.5. The molecular weight excluding hydrogens is 468 g/mol. The van der Waals surface area contributed by atoms with E-state index in [0.29, 0.717) is 51.4 Å². The first-order valence-corrected chi connectivity index (χ1v) is 13.3. The van der Waals surface area contributed by atoms with Gasteiger partial charge in [0.05, 0.1) is 23.9 Å². The highest BCUT2D eigenvalue weighted by atomic mass is 16.5. The van der Waals surface area contributed by atoms with E-state index in [-0.39, 0.29) is 43.4 Å². The summed E-state index contributed by atoms with van der Waals surface area (Å²) < 4.78 is 16.1. The Labute approximate surface area is 212 Å². The highest BCUT2D eigenvalue weighted by molar-refractivity contribution is 5.66. The average molecular weight is 511 g/mol. The van der Waals surface area contributed by atoms with E-state index in [1.807, 2.05) is 6.92 Å². The summed E-state index contributed by atoms with van der Waals surface area (Å²) in [6, 6.07) is 0. The molecule has 0 unspecified atom stereocenters. The van der Waals surface area contributed by atoms with Crippen LogP contribution in [0.2, 0.25) is 0 Å². The third-order valence-electron chi connectivity index (χ3n) is 10.5. The fourth-order valence-corrected chi connectivity index (χ4v) is 8.83. The molecule has 0 amide bonds. The summed E-state index contributed by atoms with van der Waals surface area (Å²) >= 11 is 0. The molecule has 0 aromatic heterocycles. The maximum atomic E-state index is 12.3. The first-order chi connectivity index (χ1) is 16.8. The predicted octanol–water partition coefficient (Wildman–Crippen LogP) is 2.27. The van der Waals surface area contributed by atoms with Crippen molar-refractivity contribution in [2.45, 2.75) is 109 Å². The molecule has 0 aromatic rings. The number of esters is 3. The van der Waals surface area contributed by atoms with Crippen LogP contribution < -0.4 is 0 Å². The van der Waals surface area contributed by atoms with E-state index in [1.165, 1.54) is 20.8 Å². The first-order valence-electron chi connectivity index (χ1n) is 13.3. The van der Waals surface area contributed by atoms with Gasteiger partial charge in [0.2, 0.25) is 0 Å². The molecule has 0 spiro atoms. The number of carbonyl (C=O) groups excluding carboxylic acids is 3. The van der Waals surface area contributed by atoms with Crippen LogP contribution in [0.5, 0.6) is 0 Å². The second-order valence-electron chi connectivity index (χ2n) is 12.1. The van der Waals surface area contributed by atoms with Crippen molar-refractivity contribution in [1.29, 1.82) is 0 Å². The lowest BCUT2D eigenvalue weighted by Crippen LogP contribution is -2.69. The zero-order valence-electron chi connectivity index (χ0n) is 22.0. The highest BCUT2D eigenvalue weighted by Crippen LogP contribution is 2.70. The van der Waals surface area contributed by atoms with Gasteiger partial charge in [0.15, 0.2) is 0 Å². The molecule has 4 aliphatic rings. The van der Waals surface area contributed by atoms with Crippen LogP contribution in [0.25, 0.3) is 0 Å². The number of rotatable bonds is 6. The molecule has 0 heterocycles. The van der Waals surface area contributed by atoms with Crippen LogP contribution in [0.4, 0.5) is 0 Å². The molecule has 0 saturated heterocycles. The molecule has 4 fully saturated rings. The molecule has 4 saturated carbocycles. The highest BCUT2D eigenvalue weighted by Gasteiger charge is 2.72. The SMILES string of the molecule is CC(=O)OC[C@H](O)[C@@H]1CC[C@]2(O)[C@H]3CC[C@@]4(O)C[C@@H](OC(C)=O)CC[C@]4(COC(C)=O)[C@@H]3CC[C@]12C.